The van der Waals surface area contributed by atoms with Crippen LogP contribution in [0.3, 0.4) is 0 Å². The molecule has 0 saturated heterocycles. The molecule has 0 heterocycles. The van der Waals surface area contributed by atoms with Gasteiger partial charge < -0.3 is 0 Å². The van der Waals surface area contributed by atoms with E-state index in [0.717, 1.165) is 6.42 Å². The number of rotatable bonds is 0. The van der Waals surface area contributed by atoms with Crippen molar-refractivity contribution in [3.63, 3.8) is 0 Å². The van der Waals surface area contributed by atoms with Gasteiger partial charge in [0.2, 0.25) is 0 Å². The predicted octanol–water partition coefficient (Wildman–Crippen LogP) is 2.84. The number of allylic oxidation sites excluding steroid dienone is 6. The second kappa shape index (κ2) is 4.63. The van der Waals surface area contributed by atoms with Crippen molar-refractivity contribution in [2.24, 2.45) is 0 Å². The van der Waals surface area contributed by atoms with E-state index in [9.17, 15) is 0 Å². The van der Waals surface area contributed by atoms with Gasteiger partial charge in [-0.3, -0.25) is 0 Å². The maximum atomic E-state index is 2.18. The van der Waals surface area contributed by atoms with Crippen LogP contribution in [-0.4, -0.2) is 0 Å². The molecule has 0 radical (unpaired) electrons. The Kier molecular flexibility index (Phi) is 4.55. The quantitative estimate of drug-likeness (QED) is 0.552. The Bertz CT molecular complexity index is 165. The molecule has 0 atom stereocenters. The zero-order valence-corrected chi connectivity index (χ0v) is 8.11. The van der Waals surface area contributed by atoms with Crippen LogP contribution >= 0.6 is 0 Å². The van der Waals surface area contributed by atoms with Crippen molar-refractivity contribution in [2.75, 3.05) is 0 Å². The Labute approximate surface area is 75.5 Å². The second-order valence-electron chi connectivity index (χ2n) is 2.41. The Morgan fingerprint density at radius 2 is 1.40 bits per heavy atom. The third-order valence-corrected chi connectivity index (χ3v) is 1.63. The van der Waals surface area contributed by atoms with Crippen molar-refractivity contribution in [3.8, 4) is 0 Å². The Morgan fingerprint density at radius 1 is 1.00 bits per heavy atom. The van der Waals surface area contributed by atoms with Crippen molar-refractivity contribution >= 4 is 0 Å². The van der Waals surface area contributed by atoms with Crippen LogP contribution in [0, 0.1) is 0 Å². The fourth-order valence-electron chi connectivity index (χ4n) is 0.831. The molecule has 1 heteroatoms. The van der Waals surface area contributed by atoms with Gasteiger partial charge in [0, 0.05) is 19.5 Å². The van der Waals surface area contributed by atoms with Gasteiger partial charge in [0.05, 0.1) is 0 Å². The van der Waals surface area contributed by atoms with E-state index in [1.807, 2.05) is 0 Å². The van der Waals surface area contributed by atoms with E-state index in [0.29, 0.717) is 0 Å². The SMILES string of the molecule is CC1=C(C)C=CCC=C1.[Ru]. The summed E-state index contributed by atoms with van der Waals surface area (Å²) in [4.78, 5) is 0. The van der Waals surface area contributed by atoms with Gasteiger partial charge in [0.1, 0.15) is 0 Å². The maximum Gasteiger partial charge on any atom is 0 e. The molecule has 0 unspecified atom stereocenters. The molecule has 1 aliphatic rings. The second-order valence-corrected chi connectivity index (χ2v) is 2.41. The summed E-state index contributed by atoms with van der Waals surface area (Å²) in [6.07, 6.45) is 9.80. The number of hydrogen-bond donors (Lipinski definition) is 0. The minimum Gasteiger partial charge on any atom is -0.0805 e. The van der Waals surface area contributed by atoms with Gasteiger partial charge in [-0.05, 0) is 31.4 Å². The molecule has 0 aliphatic heterocycles. The summed E-state index contributed by atoms with van der Waals surface area (Å²) in [5.74, 6) is 0. The molecule has 0 nitrogen and oxygen atoms in total. The van der Waals surface area contributed by atoms with Gasteiger partial charge in [-0.2, -0.15) is 0 Å². The molecule has 10 heavy (non-hydrogen) atoms. The van der Waals surface area contributed by atoms with Crippen LogP contribution in [0.1, 0.15) is 20.3 Å². The van der Waals surface area contributed by atoms with E-state index >= 15 is 0 Å². The van der Waals surface area contributed by atoms with Crippen molar-refractivity contribution < 1.29 is 19.5 Å². The van der Waals surface area contributed by atoms with Crippen molar-refractivity contribution in [2.45, 2.75) is 20.3 Å². The summed E-state index contributed by atoms with van der Waals surface area (Å²) in [6, 6.07) is 0. The molecule has 0 N–H and O–H groups in total. The molecule has 0 aromatic heterocycles. The first kappa shape index (κ1) is 9.84. The summed E-state index contributed by atoms with van der Waals surface area (Å²) in [5, 5.41) is 0. The normalized spacial score (nSPS) is 16.6. The monoisotopic (exact) mass is 222 g/mol. The molecule has 56 valence electrons. The molecular formula is C9H12Ru. The summed E-state index contributed by atoms with van der Waals surface area (Å²) in [7, 11) is 0. The minimum absolute atomic E-state index is 0. The summed E-state index contributed by atoms with van der Waals surface area (Å²) >= 11 is 0. The maximum absolute atomic E-state index is 2.18. The summed E-state index contributed by atoms with van der Waals surface area (Å²) in [5.41, 5.74) is 2.76. The topological polar surface area (TPSA) is 0 Å². The molecular weight excluding hydrogens is 209 g/mol. The smallest absolute Gasteiger partial charge is 0 e. The van der Waals surface area contributed by atoms with Gasteiger partial charge in [0.15, 0.2) is 0 Å². The van der Waals surface area contributed by atoms with Crippen LogP contribution < -0.4 is 0 Å². The van der Waals surface area contributed by atoms with E-state index in [4.69, 9.17) is 0 Å². The minimum atomic E-state index is 0. The summed E-state index contributed by atoms with van der Waals surface area (Å²) in [6.45, 7) is 4.28. The fraction of sp³-hybridized carbons (Fsp3) is 0.333. The third-order valence-electron chi connectivity index (χ3n) is 1.63. The van der Waals surface area contributed by atoms with Crippen LogP contribution in [0.4, 0.5) is 0 Å². The van der Waals surface area contributed by atoms with Crippen LogP contribution in [0.15, 0.2) is 35.5 Å². The average Bonchev–Trinajstić information content (AvgIpc) is 1.99. The van der Waals surface area contributed by atoms with E-state index in [2.05, 4.69) is 38.2 Å². The Morgan fingerprint density at radius 3 is 1.80 bits per heavy atom. The van der Waals surface area contributed by atoms with E-state index in [-0.39, 0.29) is 19.5 Å². The number of hydrogen-bond acceptors (Lipinski definition) is 0. The van der Waals surface area contributed by atoms with Crippen LogP contribution in [-0.2, 0) is 19.5 Å². The van der Waals surface area contributed by atoms with Crippen molar-refractivity contribution in [3.05, 3.63) is 35.5 Å². The first-order valence-corrected chi connectivity index (χ1v) is 3.31. The van der Waals surface area contributed by atoms with E-state index < -0.39 is 0 Å². The standard InChI is InChI=1S/C9H12.Ru/c1-8-6-4-3-5-7-9(8)2;/h4-7H,3H2,1-2H3;. The van der Waals surface area contributed by atoms with Crippen LogP contribution in [0.25, 0.3) is 0 Å². The van der Waals surface area contributed by atoms with E-state index in [1.165, 1.54) is 11.1 Å². The Hall–Kier alpha value is -0.157. The van der Waals surface area contributed by atoms with E-state index in [1.54, 1.807) is 0 Å². The molecule has 0 fully saturated rings. The van der Waals surface area contributed by atoms with Crippen LogP contribution in [0.5, 0.6) is 0 Å². The Balaban J connectivity index is 0.000000810. The largest absolute Gasteiger partial charge is 0.0805 e. The predicted molar refractivity (Wildman–Crippen MR) is 41.3 cm³/mol. The zero-order valence-electron chi connectivity index (χ0n) is 6.37. The van der Waals surface area contributed by atoms with Crippen LogP contribution in [0.2, 0.25) is 0 Å². The van der Waals surface area contributed by atoms with Crippen molar-refractivity contribution in [1.82, 2.24) is 0 Å². The first-order chi connectivity index (χ1) is 4.30. The van der Waals surface area contributed by atoms with Gasteiger partial charge in [-0.25, -0.2) is 0 Å². The van der Waals surface area contributed by atoms with Gasteiger partial charge in [-0.1, -0.05) is 24.3 Å². The molecule has 1 aliphatic carbocycles. The van der Waals surface area contributed by atoms with Gasteiger partial charge in [0.25, 0.3) is 0 Å². The molecule has 1 rings (SSSR count). The average molecular weight is 221 g/mol. The molecule has 0 saturated carbocycles. The first-order valence-electron chi connectivity index (χ1n) is 3.31. The molecule has 0 aromatic rings. The molecule has 0 bridgehead atoms. The summed E-state index contributed by atoms with van der Waals surface area (Å²) < 4.78 is 0. The molecule has 0 spiro atoms. The fourth-order valence-corrected chi connectivity index (χ4v) is 0.831. The van der Waals surface area contributed by atoms with Gasteiger partial charge >= 0.3 is 0 Å². The third kappa shape index (κ3) is 2.62. The van der Waals surface area contributed by atoms with Crippen molar-refractivity contribution in [1.29, 1.82) is 0 Å². The zero-order chi connectivity index (χ0) is 6.69. The molecule has 0 amide bonds. The van der Waals surface area contributed by atoms with Gasteiger partial charge in [-0.15, -0.1) is 0 Å². The molecule has 0 aromatic carbocycles.